The number of hydrogen-bond donors (Lipinski definition) is 1. The fraction of sp³-hybridized carbons (Fsp3) is 0.857. The molecular formula is C14H24N2O2. The average molecular weight is 252 g/mol. The van der Waals surface area contributed by atoms with Crippen LogP contribution in [0.3, 0.4) is 0 Å². The predicted molar refractivity (Wildman–Crippen MR) is 69.1 cm³/mol. The number of aryl methyl sites for hydroxylation is 1. The fourth-order valence-electron chi connectivity index (χ4n) is 2.71. The van der Waals surface area contributed by atoms with Crippen LogP contribution in [0.15, 0.2) is 4.52 Å². The first-order chi connectivity index (χ1) is 8.79. The highest BCUT2D eigenvalue weighted by Crippen LogP contribution is 2.27. The van der Waals surface area contributed by atoms with Crippen LogP contribution in [0.2, 0.25) is 0 Å². The first-order valence-corrected chi connectivity index (χ1v) is 7.30. The summed E-state index contributed by atoms with van der Waals surface area (Å²) in [6.45, 7) is 2.04. The molecular weight excluding hydrogens is 228 g/mol. The van der Waals surface area contributed by atoms with Gasteiger partial charge in [-0.05, 0) is 18.8 Å². The third-order valence-electron chi connectivity index (χ3n) is 3.84. The first-order valence-electron chi connectivity index (χ1n) is 7.30. The standard InChI is InChI=1S/C14H24N2O2/c1-2-6-12(17)14-15-13(18-16-14)10-9-11-7-4-3-5-8-11/h11-12,17H,2-10H2,1H3. The van der Waals surface area contributed by atoms with Gasteiger partial charge in [-0.1, -0.05) is 50.6 Å². The van der Waals surface area contributed by atoms with Gasteiger partial charge in [-0.2, -0.15) is 4.98 Å². The van der Waals surface area contributed by atoms with E-state index in [-0.39, 0.29) is 0 Å². The third-order valence-corrected chi connectivity index (χ3v) is 3.84. The normalized spacial score (nSPS) is 19.0. The van der Waals surface area contributed by atoms with Crippen LogP contribution in [0.5, 0.6) is 0 Å². The van der Waals surface area contributed by atoms with Crippen LogP contribution >= 0.6 is 0 Å². The van der Waals surface area contributed by atoms with Crippen LogP contribution in [0.1, 0.15) is 76.1 Å². The minimum absolute atomic E-state index is 0.454. The summed E-state index contributed by atoms with van der Waals surface area (Å²) in [5.74, 6) is 1.97. The van der Waals surface area contributed by atoms with Crippen molar-refractivity contribution in [2.45, 2.75) is 70.8 Å². The van der Waals surface area contributed by atoms with Crippen molar-refractivity contribution in [3.8, 4) is 0 Å². The van der Waals surface area contributed by atoms with Crippen molar-refractivity contribution in [2.24, 2.45) is 5.92 Å². The van der Waals surface area contributed by atoms with Crippen molar-refractivity contribution in [3.63, 3.8) is 0 Å². The van der Waals surface area contributed by atoms with Crippen LogP contribution in [0.4, 0.5) is 0 Å². The summed E-state index contributed by atoms with van der Waals surface area (Å²) < 4.78 is 5.20. The van der Waals surface area contributed by atoms with Crippen molar-refractivity contribution < 1.29 is 9.63 Å². The Morgan fingerprint density at radius 3 is 2.83 bits per heavy atom. The summed E-state index contributed by atoms with van der Waals surface area (Å²) >= 11 is 0. The maximum atomic E-state index is 9.77. The molecule has 0 aromatic carbocycles. The molecule has 0 saturated heterocycles. The largest absolute Gasteiger partial charge is 0.385 e. The van der Waals surface area contributed by atoms with Gasteiger partial charge in [-0.25, -0.2) is 0 Å². The molecule has 4 nitrogen and oxygen atoms in total. The summed E-state index contributed by atoms with van der Waals surface area (Å²) in [4.78, 5) is 4.29. The van der Waals surface area contributed by atoms with E-state index >= 15 is 0 Å². The van der Waals surface area contributed by atoms with Gasteiger partial charge in [0, 0.05) is 6.42 Å². The summed E-state index contributed by atoms with van der Waals surface area (Å²) in [5.41, 5.74) is 0. The Morgan fingerprint density at radius 2 is 2.11 bits per heavy atom. The molecule has 0 bridgehead atoms. The van der Waals surface area contributed by atoms with E-state index in [0.717, 1.165) is 25.2 Å². The molecule has 2 rings (SSSR count). The lowest BCUT2D eigenvalue weighted by molar-refractivity contribution is 0.152. The van der Waals surface area contributed by atoms with Gasteiger partial charge >= 0.3 is 0 Å². The molecule has 4 heteroatoms. The van der Waals surface area contributed by atoms with Gasteiger partial charge in [0.2, 0.25) is 5.89 Å². The molecule has 1 aromatic rings. The van der Waals surface area contributed by atoms with Gasteiger partial charge in [0.05, 0.1) is 0 Å². The number of aliphatic hydroxyl groups is 1. The molecule has 1 atom stereocenters. The van der Waals surface area contributed by atoms with Crippen molar-refractivity contribution in [2.75, 3.05) is 0 Å². The van der Waals surface area contributed by atoms with E-state index in [4.69, 9.17) is 4.52 Å². The highest BCUT2D eigenvalue weighted by molar-refractivity contribution is 4.91. The van der Waals surface area contributed by atoms with Gasteiger partial charge < -0.3 is 9.63 Å². The molecule has 1 aliphatic carbocycles. The Kier molecular flexibility index (Phi) is 5.17. The Labute approximate surface area is 109 Å². The molecule has 0 amide bonds. The maximum Gasteiger partial charge on any atom is 0.226 e. The van der Waals surface area contributed by atoms with Crippen LogP contribution in [0, 0.1) is 5.92 Å². The lowest BCUT2D eigenvalue weighted by atomic mass is 9.86. The van der Waals surface area contributed by atoms with E-state index in [1.807, 2.05) is 6.92 Å². The van der Waals surface area contributed by atoms with E-state index in [1.165, 1.54) is 32.1 Å². The van der Waals surface area contributed by atoms with Gasteiger partial charge in [0.1, 0.15) is 6.10 Å². The van der Waals surface area contributed by atoms with Crippen molar-refractivity contribution in [1.82, 2.24) is 10.1 Å². The Balaban J connectivity index is 1.79. The number of rotatable bonds is 6. The zero-order valence-corrected chi connectivity index (χ0v) is 11.3. The number of hydrogen-bond acceptors (Lipinski definition) is 4. The molecule has 1 N–H and O–H groups in total. The molecule has 0 radical (unpaired) electrons. The van der Waals surface area contributed by atoms with Crippen molar-refractivity contribution in [1.29, 1.82) is 0 Å². The maximum absolute atomic E-state index is 9.77. The SMILES string of the molecule is CCCC(O)c1noc(CCC2CCCCC2)n1. The monoisotopic (exact) mass is 252 g/mol. The zero-order chi connectivity index (χ0) is 12.8. The molecule has 1 heterocycles. The van der Waals surface area contributed by atoms with E-state index in [2.05, 4.69) is 10.1 Å². The second kappa shape index (κ2) is 6.88. The van der Waals surface area contributed by atoms with Crippen LogP contribution in [-0.2, 0) is 6.42 Å². The van der Waals surface area contributed by atoms with E-state index < -0.39 is 6.10 Å². The highest BCUT2D eigenvalue weighted by Gasteiger charge is 2.17. The van der Waals surface area contributed by atoms with E-state index in [0.29, 0.717) is 18.1 Å². The molecule has 18 heavy (non-hydrogen) atoms. The summed E-state index contributed by atoms with van der Waals surface area (Å²) in [6, 6.07) is 0. The van der Waals surface area contributed by atoms with E-state index in [9.17, 15) is 5.11 Å². The second-order valence-corrected chi connectivity index (χ2v) is 5.39. The third kappa shape index (κ3) is 3.80. The smallest absolute Gasteiger partial charge is 0.226 e. The lowest BCUT2D eigenvalue weighted by Gasteiger charge is -2.20. The Hall–Kier alpha value is -0.900. The number of aromatic nitrogens is 2. The summed E-state index contributed by atoms with van der Waals surface area (Å²) in [5, 5.41) is 13.6. The first kappa shape index (κ1) is 13.5. The average Bonchev–Trinajstić information content (AvgIpc) is 2.87. The van der Waals surface area contributed by atoms with Crippen molar-refractivity contribution >= 4 is 0 Å². The molecule has 1 aromatic heterocycles. The quantitative estimate of drug-likeness (QED) is 0.842. The van der Waals surface area contributed by atoms with Crippen molar-refractivity contribution in [3.05, 3.63) is 11.7 Å². The van der Waals surface area contributed by atoms with Crippen LogP contribution in [-0.4, -0.2) is 15.2 Å². The molecule has 1 fully saturated rings. The Morgan fingerprint density at radius 1 is 1.33 bits per heavy atom. The number of aliphatic hydroxyl groups excluding tert-OH is 1. The number of nitrogens with zero attached hydrogens (tertiary/aromatic N) is 2. The fourth-order valence-corrected chi connectivity index (χ4v) is 2.71. The second-order valence-electron chi connectivity index (χ2n) is 5.39. The Bertz CT molecular complexity index is 345. The van der Waals surface area contributed by atoms with Crippen LogP contribution in [0.25, 0.3) is 0 Å². The van der Waals surface area contributed by atoms with Gasteiger partial charge in [-0.3, -0.25) is 0 Å². The molecule has 102 valence electrons. The topological polar surface area (TPSA) is 59.2 Å². The summed E-state index contributed by atoms with van der Waals surface area (Å²) in [6.07, 6.45) is 9.88. The summed E-state index contributed by atoms with van der Waals surface area (Å²) in [7, 11) is 0. The molecule has 1 saturated carbocycles. The highest BCUT2D eigenvalue weighted by atomic mass is 16.5. The van der Waals surface area contributed by atoms with E-state index in [1.54, 1.807) is 0 Å². The van der Waals surface area contributed by atoms with Crippen LogP contribution < -0.4 is 0 Å². The van der Waals surface area contributed by atoms with Gasteiger partial charge in [0.25, 0.3) is 0 Å². The lowest BCUT2D eigenvalue weighted by Crippen LogP contribution is -2.07. The minimum Gasteiger partial charge on any atom is -0.385 e. The predicted octanol–water partition coefficient (Wildman–Crippen LogP) is 3.42. The molecule has 0 aliphatic heterocycles. The van der Waals surface area contributed by atoms with Gasteiger partial charge in [-0.15, -0.1) is 0 Å². The molecule has 0 spiro atoms. The molecule has 1 aliphatic rings. The minimum atomic E-state index is -0.567. The van der Waals surface area contributed by atoms with Gasteiger partial charge in [0.15, 0.2) is 5.82 Å². The zero-order valence-electron chi connectivity index (χ0n) is 11.3. The molecule has 1 unspecified atom stereocenters.